The number of ether oxygens (including phenoxy) is 1. The zero-order valence-electron chi connectivity index (χ0n) is 8.62. The van der Waals surface area contributed by atoms with Gasteiger partial charge >= 0.3 is 0 Å². The summed E-state index contributed by atoms with van der Waals surface area (Å²) in [5, 5.41) is 0. The smallest absolute Gasteiger partial charge is 0.123 e. The average molecular weight is 191 g/mol. The van der Waals surface area contributed by atoms with Gasteiger partial charge in [0.1, 0.15) is 5.75 Å². The van der Waals surface area contributed by atoms with Gasteiger partial charge in [0.2, 0.25) is 0 Å². The zero-order chi connectivity index (χ0) is 10.4. The van der Waals surface area contributed by atoms with E-state index in [-0.39, 0.29) is 0 Å². The lowest BCUT2D eigenvalue weighted by atomic mass is 10.2. The predicted octanol–water partition coefficient (Wildman–Crippen LogP) is 2.49. The Balaban J connectivity index is 2.53. The summed E-state index contributed by atoms with van der Waals surface area (Å²) in [6, 6.07) is 7.85. The summed E-state index contributed by atoms with van der Waals surface area (Å²) < 4.78 is 5.60. The Bertz CT molecular complexity index is 307. The third kappa shape index (κ3) is 3.23. The van der Waals surface area contributed by atoms with Crippen LogP contribution in [0.4, 0.5) is 0 Å². The van der Waals surface area contributed by atoms with Crippen LogP contribution in [0.25, 0.3) is 0 Å². The molecule has 76 valence electrons. The van der Waals surface area contributed by atoms with E-state index >= 15 is 0 Å². The van der Waals surface area contributed by atoms with Crippen LogP contribution in [0.1, 0.15) is 18.9 Å². The molecule has 0 spiro atoms. The SMILES string of the molecule is C=C(C)CCOc1ccccc1CN. The first-order chi connectivity index (χ1) is 6.74. The van der Waals surface area contributed by atoms with E-state index in [9.17, 15) is 0 Å². The number of hydrogen-bond acceptors (Lipinski definition) is 2. The van der Waals surface area contributed by atoms with Crippen LogP contribution in [-0.2, 0) is 6.54 Å². The lowest BCUT2D eigenvalue weighted by Crippen LogP contribution is -2.03. The van der Waals surface area contributed by atoms with Crippen molar-refractivity contribution in [2.24, 2.45) is 5.73 Å². The molecule has 0 heterocycles. The van der Waals surface area contributed by atoms with E-state index in [4.69, 9.17) is 10.5 Å². The van der Waals surface area contributed by atoms with Crippen LogP contribution in [-0.4, -0.2) is 6.61 Å². The summed E-state index contributed by atoms with van der Waals surface area (Å²) in [4.78, 5) is 0. The number of para-hydroxylation sites is 1. The lowest BCUT2D eigenvalue weighted by molar-refractivity contribution is 0.318. The molecule has 1 rings (SSSR count). The highest BCUT2D eigenvalue weighted by atomic mass is 16.5. The van der Waals surface area contributed by atoms with Crippen LogP contribution >= 0.6 is 0 Å². The molecule has 0 bridgehead atoms. The van der Waals surface area contributed by atoms with Crippen molar-refractivity contribution in [1.29, 1.82) is 0 Å². The Morgan fingerprint density at radius 1 is 1.43 bits per heavy atom. The van der Waals surface area contributed by atoms with Crippen LogP contribution in [0.5, 0.6) is 5.75 Å². The Morgan fingerprint density at radius 2 is 2.14 bits per heavy atom. The molecule has 0 aliphatic heterocycles. The first kappa shape index (κ1) is 10.8. The molecule has 0 atom stereocenters. The summed E-state index contributed by atoms with van der Waals surface area (Å²) in [5.74, 6) is 0.885. The Morgan fingerprint density at radius 3 is 2.79 bits per heavy atom. The van der Waals surface area contributed by atoms with Gasteiger partial charge < -0.3 is 10.5 Å². The van der Waals surface area contributed by atoms with Crippen LogP contribution in [0.3, 0.4) is 0 Å². The maximum Gasteiger partial charge on any atom is 0.123 e. The molecular formula is C12H17NO. The minimum Gasteiger partial charge on any atom is -0.493 e. The predicted molar refractivity (Wildman–Crippen MR) is 59.3 cm³/mol. The third-order valence-electron chi connectivity index (χ3n) is 1.98. The molecule has 0 fully saturated rings. The Kier molecular flexibility index (Phi) is 4.20. The van der Waals surface area contributed by atoms with Gasteiger partial charge in [0.25, 0.3) is 0 Å². The van der Waals surface area contributed by atoms with Gasteiger partial charge in [-0.15, -0.1) is 6.58 Å². The summed E-state index contributed by atoms with van der Waals surface area (Å²) >= 11 is 0. The van der Waals surface area contributed by atoms with E-state index < -0.39 is 0 Å². The largest absolute Gasteiger partial charge is 0.493 e. The van der Waals surface area contributed by atoms with Crippen molar-refractivity contribution in [2.45, 2.75) is 19.9 Å². The van der Waals surface area contributed by atoms with Crippen molar-refractivity contribution in [1.82, 2.24) is 0 Å². The molecule has 2 N–H and O–H groups in total. The van der Waals surface area contributed by atoms with Crippen LogP contribution in [0.15, 0.2) is 36.4 Å². The standard InChI is InChI=1S/C12H17NO/c1-10(2)7-8-14-12-6-4-3-5-11(12)9-13/h3-6H,1,7-9,13H2,2H3. The molecule has 1 aromatic rings. The summed E-state index contributed by atoms with van der Waals surface area (Å²) in [5.41, 5.74) is 7.77. The topological polar surface area (TPSA) is 35.2 Å². The van der Waals surface area contributed by atoms with E-state index in [1.54, 1.807) is 0 Å². The minimum absolute atomic E-state index is 0.517. The highest BCUT2D eigenvalue weighted by molar-refractivity contribution is 5.32. The summed E-state index contributed by atoms with van der Waals surface area (Å²) in [6.07, 6.45) is 0.888. The fourth-order valence-electron chi connectivity index (χ4n) is 1.15. The van der Waals surface area contributed by atoms with Gasteiger partial charge in [0.15, 0.2) is 0 Å². The van der Waals surface area contributed by atoms with Gasteiger partial charge in [0, 0.05) is 18.5 Å². The van der Waals surface area contributed by atoms with Crippen molar-refractivity contribution in [3.8, 4) is 5.75 Å². The highest BCUT2D eigenvalue weighted by Gasteiger charge is 1.99. The fraction of sp³-hybridized carbons (Fsp3) is 0.333. The number of nitrogens with two attached hydrogens (primary N) is 1. The molecule has 0 saturated heterocycles. The molecule has 14 heavy (non-hydrogen) atoms. The van der Waals surface area contributed by atoms with Crippen molar-refractivity contribution >= 4 is 0 Å². The van der Waals surface area contributed by atoms with Gasteiger partial charge in [-0.3, -0.25) is 0 Å². The third-order valence-corrected chi connectivity index (χ3v) is 1.98. The van der Waals surface area contributed by atoms with Gasteiger partial charge in [-0.1, -0.05) is 23.8 Å². The normalized spacial score (nSPS) is 9.86. The van der Waals surface area contributed by atoms with Crippen molar-refractivity contribution < 1.29 is 4.74 Å². The van der Waals surface area contributed by atoms with E-state index in [1.165, 1.54) is 0 Å². The monoisotopic (exact) mass is 191 g/mol. The Labute approximate surface area is 85.4 Å². The highest BCUT2D eigenvalue weighted by Crippen LogP contribution is 2.17. The van der Waals surface area contributed by atoms with Crippen molar-refractivity contribution in [3.63, 3.8) is 0 Å². The molecular weight excluding hydrogens is 174 g/mol. The second-order valence-electron chi connectivity index (χ2n) is 3.37. The van der Waals surface area contributed by atoms with Crippen LogP contribution in [0.2, 0.25) is 0 Å². The van der Waals surface area contributed by atoms with E-state index in [0.717, 1.165) is 23.3 Å². The van der Waals surface area contributed by atoms with E-state index in [0.29, 0.717) is 13.2 Å². The molecule has 0 radical (unpaired) electrons. The second kappa shape index (κ2) is 5.45. The van der Waals surface area contributed by atoms with Gasteiger partial charge in [0.05, 0.1) is 6.61 Å². The first-order valence-electron chi connectivity index (χ1n) is 4.79. The van der Waals surface area contributed by atoms with Gasteiger partial charge in [-0.25, -0.2) is 0 Å². The van der Waals surface area contributed by atoms with Crippen molar-refractivity contribution in [3.05, 3.63) is 42.0 Å². The molecule has 0 saturated carbocycles. The van der Waals surface area contributed by atoms with Gasteiger partial charge in [-0.2, -0.15) is 0 Å². The molecule has 0 aliphatic carbocycles. The molecule has 2 heteroatoms. The second-order valence-corrected chi connectivity index (χ2v) is 3.37. The fourth-order valence-corrected chi connectivity index (χ4v) is 1.15. The molecule has 1 aromatic carbocycles. The molecule has 0 amide bonds. The molecule has 0 aliphatic rings. The quantitative estimate of drug-likeness (QED) is 0.726. The zero-order valence-corrected chi connectivity index (χ0v) is 8.62. The Hall–Kier alpha value is -1.28. The minimum atomic E-state index is 0.517. The first-order valence-corrected chi connectivity index (χ1v) is 4.79. The van der Waals surface area contributed by atoms with E-state index in [2.05, 4.69) is 6.58 Å². The average Bonchev–Trinajstić information content (AvgIpc) is 2.18. The lowest BCUT2D eigenvalue weighted by Gasteiger charge is -2.09. The maximum absolute atomic E-state index is 5.60. The number of rotatable bonds is 5. The maximum atomic E-state index is 5.60. The number of benzene rings is 1. The molecule has 0 unspecified atom stereocenters. The summed E-state index contributed by atoms with van der Waals surface area (Å²) in [6.45, 7) is 7.01. The van der Waals surface area contributed by atoms with Crippen molar-refractivity contribution in [2.75, 3.05) is 6.61 Å². The van der Waals surface area contributed by atoms with E-state index in [1.807, 2.05) is 31.2 Å². The number of hydrogen-bond donors (Lipinski definition) is 1. The molecule has 2 nitrogen and oxygen atoms in total. The summed E-state index contributed by atoms with van der Waals surface area (Å²) in [7, 11) is 0. The van der Waals surface area contributed by atoms with Gasteiger partial charge in [-0.05, 0) is 13.0 Å². The van der Waals surface area contributed by atoms with Crippen LogP contribution in [0, 0.1) is 0 Å². The van der Waals surface area contributed by atoms with Crippen LogP contribution < -0.4 is 10.5 Å². The molecule has 0 aromatic heterocycles.